The molecule has 2 aliphatic heterocycles. The predicted molar refractivity (Wildman–Crippen MR) is 184 cm³/mol. The molecule has 0 saturated carbocycles. The maximum atomic E-state index is 13.7. The van der Waals surface area contributed by atoms with E-state index in [1.54, 1.807) is 18.2 Å². The summed E-state index contributed by atoms with van der Waals surface area (Å²) in [5.41, 5.74) is 3.55. The Morgan fingerprint density at radius 1 is 1.00 bits per heavy atom. The van der Waals surface area contributed by atoms with Gasteiger partial charge in [-0.05, 0) is 59.6 Å². The first-order valence-electron chi connectivity index (χ1n) is 16.3. The Labute approximate surface area is 283 Å². The third-order valence-corrected chi connectivity index (χ3v) is 10.7. The molecule has 2 aromatic heterocycles. The fourth-order valence-electron chi connectivity index (χ4n) is 6.22. The molecule has 4 heterocycles. The largest absolute Gasteiger partial charge is 0.481 e. The summed E-state index contributed by atoms with van der Waals surface area (Å²) in [4.78, 5) is 52.7. The number of benzene rings is 2. The van der Waals surface area contributed by atoms with Crippen molar-refractivity contribution in [2.24, 2.45) is 5.92 Å². The van der Waals surface area contributed by atoms with E-state index in [1.807, 2.05) is 48.8 Å². The van der Waals surface area contributed by atoms with E-state index in [1.165, 1.54) is 22.3 Å². The van der Waals surface area contributed by atoms with Crippen LogP contribution in [0.25, 0.3) is 11.4 Å². The Hall–Kier alpha value is -4.64. The number of nitrogens with zero attached hydrogens (tertiary/aromatic N) is 4. The zero-order chi connectivity index (χ0) is 34.0. The molecule has 11 heteroatoms. The van der Waals surface area contributed by atoms with E-state index >= 15 is 0 Å². The lowest BCUT2D eigenvalue weighted by Crippen LogP contribution is -2.59. The topological polar surface area (TPSA) is 116 Å². The van der Waals surface area contributed by atoms with E-state index in [4.69, 9.17) is 0 Å². The summed E-state index contributed by atoms with van der Waals surface area (Å²) in [6, 6.07) is 17.3. The fourth-order valence-corrected chi connectivity index (χ4v) is 7.19. The van der Waals surface area contributed by atoms with Crippen molar-refractivity contribution in [3.63, 3.8) is 0 Å². The molecule has 6 rings (SSSR count). The molecule has 2 aliphatic rings. The summed E-state index contributed by atoms with van der Waals surface area (Å²) in [6.07, 6.45) is 5.77. The number of piperidine rings is 1. The van der Waals surface area contributed by atoms with Gasteiger partial charge in [0.15, 0.2) is 5.82 Å². The number of aliphatic carboxylic acids is 1. The van der Waals surface area contributed by atoms with Crippen LogP contribution in [-0.2, 0) is 21.4 Å². The molecule has 0 spiro atoms. The average Bonchev–Trinajstić information content (AvgIpc) is 3.56. The maximum absolute atomic E-state index is 13.7. The van der Waals surface area contributed by atoms with Gasteiger partial charge >= 0.3 is 5.97 Å². The molecule has 2 amide bonds. The monoisotopic (exact) mass is 669 g/mol. The average molecular weight is 670 g/mol. The number of carbonyl (C=O) groups excluding carboxylic acids is 2. The number of thiophene rings is 1. The van der Waals surface area contributed by atoms with Crippen LogP contribution in [0.2, 0.25) is 0 Å². The Bertz CT molecular complexity index is 1770. The smallest absolute Gasteiger partial charge is 0.310 e. The van der Waals surface area contributed by atoms with Crippen LogP contribution in [-0.4, -0.2) is 70.0 Å². The Morgan fingerprint density at radius 3 is 2.29 bits per heavy atom. The molecule has 2 fully saturated rings. The number of anilines is 1. The summed E-state index contributed by atoms with van der Waals surface area (Å²) in [5.74, 6) is -1.42. The van der Waals surface area contributed by atoms with Crippen molar-refractivity contribution in [2.75, 3.05) is 31.1 Å². The van der Waals surface area contributed by atoms with Gasteiger partial charge in [-0.1, -0.05) is 57.2 Å². The van der Waals surface area contributed by atoms with E-state index in [2.05, 4.69) is 41.0 Å². The van der Waals surface area contributed by atoms with Crippen molar-refractivity contribution >= 4 is 34.8 Å². The van der Waals surface area contributed by atoms with Crippen LogP contribution in [0.4, 0.5) is 10.1 Å². The van der Waals surface area contributed by atoms with Crippen LogP contribution in [0.5, 0.6) is 0 Å². The molecule has 1 unspecified atom stereocenters. The highest BCUT2D eigenvalue weighted by Gasteiger charge is 2.39. The van der Waals surface area contributed by atoms with E-state index in [0.717, 1.165) is 53.2 Å². The third-order valence-electron chi connectivity index (χ3n) is 9.19. The van der Waals surface area contributed by atoms with E-state index < -0.39 is 17.9 Å². The zero-order valence-electron chi connectivity index (χ0n) is 27.4. The van der Waals surface area contributed by atoms with Gasteiger partial charge in [0, 0.05) is 43.0 Å². The van der Waals surface area contributed by atoms with Crippen LogP contribution >= 0.6 is 11.3 Å². The molecule has 4 aromatic rings. The van der Waals surface area contributed by atoms with Gasteiger partial charge in [-0.2, -0.15) is 0 Å². The summed E-state index contributed by atoms with van der Waals surface area (Å²) in [6.45, 7) is 8.19. The summed E-state index contributed by atoms with van der Waals surface area (Å²) in [7, 11) is 0. The number of hydrogen-bond donors (Lipinski definition) is 2. The molecule has 2 N–H and O–H groups in total. The lowest BCUT2D eigenvalue weighted by atomic mass is 9.89. The Kier molecular flexibility index (Phi) is 9.59. The molecular formula is C37H40FN5O4S. The van der Waals surface area contributed by atoms with Gasteiger partial charge in [0.2, 0.25) is 5.91 Å². The van der Waals surface area contributed by atoms with Gasteiger partial charge in [-0.15, -0.1) is 11.3 Å². The van der Waals surface area contributed by atoms with Crippen molar-refractivity contribution in [2.45, 2.75) is 57.4 Å². The zero-order valence-corrected chi connectivity index (χ0v) is 28.2. The predicted octanol–water partition coefficient (Wildman–Crippen LogP) is 5.91. The second kappa shape index (κ2) is 13.8. The molecular weight excluding hydrogens is 630 g/mol. The summed E-state index contributed by atoms with van der Waals surface area (Å²) >= 11 is 1.41. The highest BCUT2D eigenvalue weighted by Crippen LogP contribution is 2.32. The van der Waals surface area contributed by atoms with Crippen LogP contribution in [0.1, 0.15) is 65.2 Å². The summed E-state index contributed by atoms with van der Waals surface area (Å²) < 4.78 is 13.7. The summed E-state index contributed by atoms with van der Waals surface area (Å²) in [5, 5.41) is 12.2. The van der Waals surface area contributed by atoms with Crippen LogP contribution < -0.4 is 10.2 Å². The first-order chi connectivity index (χ1) is 22.9. The van der Waals surface area contributed by atoms with E-state index in [-0.39, 0.29) is 42.6 Å². The number of carbonyl (C=O) groups is 3. The second-order valence-corrected chi connectivity index (χ2v) is 14.8. The van der Waals surface area contributed by atoms with Crippen LogP contribution in [0.15, 0.2) is 73.1 Å². The first-order valence-corrected chi connectivity index (χ1v) is 17.1. The minimum Gasteiger partial charge on any atom is -0.481 e. The van der Waals surface area contributed by atoms with Gasteiger partial charge in [0.1, 0.15) is 11.9 Å². The normalized spacial score (nSPS) is 16.3. The van der Waals surface area contributed by atoms with Crippen molar-refractivity contribution in [3.05, 3.63) is 99.8 Å². The lowest BCUT2D eigenvalue weighted by Gasteiger charge is -2.38. The van der Waals surface area contributed by atoms with Gasteiger partial charge in [0.05, 0.1) is 28.9 Å². The standard InChI is InChI=1S/C37H40FN5O4S/c1-37(2,3)32-12-11-31(48-32)34(44)41-30(35(45)43-21-27(22-43)36(46)47)17-23-7-9-25(10-8-23)33-39-19-29(20-40-33)42-15-13-24(14-16-42)26-5-4-6-28(38)18-26/h4-12,18-20,24,27,30H,13-17,21-22H2,1-3H3,(H,41,44)(H,46,47). The van der Waals surface area contributed by atoms with E-state index in [9.17, 15) is 23.9 Å². The molecule has 48 heavy (non-hydrogen) atoms. The van der Waals surface area contributed by atoms with Gasteiger partial charge in [0.25, 0.3) is 5.91 Å². The number of nitrogens with one attached hydrogen (secondary N) is 1. The van der Waals surface area contributed by atoms with Crippen molar-refractivity contribution in [3.8, 4) is 11.4 Å². The fraction of sp³-hybridized carbons (Fsp3) is 0.378. The van der Waals surface area contributed by atoms with Gasteiger partial charge < -0.3 is 20.2 Å². The molecule has 1 atom stereocenters. The first kappa shape index (κ1) is 33.3. The third kappa shape index (κ3) is 7.57. The molecule has 9 nitrogen and oxygen atoms in total. The van der Waals surface area contributed by atoms with Crippen molar-refractivity contribution < 1.29 is 23.9 Å². The number of carboxylic acids is 1. The highest BCUT2D eigenvalue weighted by molar-refractivity contribution is 7.14. The van der Waals surface area contributed by atoms with Crippen LogP contribution in [0, 0.1) is 11.7 Å². The SMILES string of the molecule is CC(C)(C)c1ccc(C(=O)NC(Cc2ccc(-c3ncc(N4CCC(c5cccc(F)c5)CC4)cn3)cc2)C(=O)N2CC(C(=O)O)C2)s1. The molecule has 2 saturated heterocycles. The molecule has 0 aliphatic carbocycles. The quantitative estimate of drug-likeness (QED) is 0.228. The molecule has 2 aromatic carbocycles. The maximum Gasteiger partial charge on any atom is 0.310 e. The van der Waals surface area contributed by atoms with Crippen LogP contribution in [0.3, 0.4) is 0 Å². The minimum absolute atomic E-state index is 0.101. The second-order valence-electron chi connectivity index (χ2n) is 13.7. The molecule has 0 bridgehead atoms. The van der Waals surface area contributed by atoms with Crippen molar-refractivity contribution in [1.82, 2.24) is 20.2 Å². The van der Waals surface area contributed by atoms with Crippen molar-refractivity contribution in [1.29, 1.82) is 0 Å². The van der Waals surface area contributed by atoms with E-state index in [0.29, 0.717) is 16.6 Å². The number of hydrogen-bond acceptors (Lipinski definition) is 7. The molecule has 250 valence electrons. The molecule has 0 radical (unpaired) electrons. The van der Waals surface area contributed by atoms with Gasteiger partial charge in [-0.25, -0.2) is 14.4 Å². The number of likely N-dealkylation sites (tertiary alicyclic amines) is 1. The number of rotatable bonds is 9. The number of halogens is 1. The number of aromatic nitrogens is 2. The minimum atomic E-state index is -0.927. The number of carboxylic acid groups (broad SMARTS) is 1. The Morgan fingerprint density at radius 2 is 1.69 bits per heavy atom. The lowest BCUT2D eigenvalue weighted by molar-refractivity contribution is -0.153. The van der Waals surface area contributed by atoms with Gasteiger partial charge in [-0.3, -0.25) is 14.4 Å². The number of amides is 2. The Balaban J connectivity index is 1.10. The highest BCUT2D eigenvalue weighted by atomic mass is 32.1.